The number of methoxy groups -OCH3 is 1. The van der Waals surface area contributed by atoms with Crippen molar-refractivity contribution in [1.82, 2.24) is 14.9 Å². The van der Waals surface area contributed by atoms with E-state index in [1.165, 1.54) is 30.4 Å². The molecule has 6 heteroatoms. The quantitative estimate of drug-likeness (QED) is 0.718. The third-order valence-electron chi connectivity index (χ3n) is 1.85. The van der Waals surface area contributed by atoms with Crippen molar-refractivity contribution in [3.8, 4) is 0 Å². The molecule has 0 atom stereocenters. The summed E-state index contributed by atoms with van der Waals surface area (Å²) < 4.78 is 5.80. The van der Waals surface area contributed by atoms with Gasteiger partial charge in [0.2, 0.25) is 0 Å². The molecule has 1 aromatic rings. The summed E-state index contributed by atoms with van der Waals surface area (Å²) in [5.74, 6) is -0.504. The summed E-state index contributed by atoms with van der Waals surface area (Å²) in [5, 5.41) is 2.52. The highest BCUT2D eigenvalue weighted by Gasteiger charge is 2.30. The van der Waals surface area contributed by atoms with Gasteiger partial charge in [0, 0.05) is 12.4 Å². The number of hydrogen-bond acceptors (Lipinski definition) is 4. The molecule has 1 heterocycles. The van der Waals surface area contributed by atoms with Crippen LogP contribution in [0.3, 0.4) is 0 Å². The lowest BCUT2D eigenvalue weighted by Crippen LogP contribution is -2.51. The molecular weight excluding hydrogens is 198 g/mol. The fraction of sp³-hybridized carbons (Fsp3) is 0.444. The molecule has 6 nitrogen and oxygen atoms in total. The third-order valence-corrected chi connectivity index (χ3v) is 1.85. The van der Waals surface area contributed by atoms with Gasteiger partial charge in [-0.05, 0) is 13.8 Å². The van der Waals surface area contributed by atoms with Crippen LogP contribution in [0.25, 0.3) is 0 Å². The molecule has 1 aromatic heterocycles. The molecule has 0 fully saturated rings. The molecule has 0 aliphatic carbocycles. The van der Waals surface area contributed by atoms with E-state index in [-0.39, 0.29) is 0 Å². The molecule has 0 aliphatic heterocycles. The van der Waals surface area contributed by atoms with Crippen LogP contribution in [0.15, 0.2) is 18.7 Å². The molecule has 1 N–H and O–H groups in total. The van der Waals surface area contributed by atoms with Gasteiger partial charge >= 0.3 is 12.0 Å². The lowest BCUT2D eigenvalue weighted by molar-refractivity contribution is -0.146. The van der Waals surface area contributed by atoms with Crippen molar-refractivity contribution in [3.05, 3.63) is 18.7 Å². The van der Waals surface area contributed by atoms with E-state index in [4.69, 9.17) is 0 Å². The highest BCUT2D eigenvalue weighted by molar-refractivity contribution is 5.87. The second-order valence-corrected chi connectivity index (χ2v) is 3.52. The summed E-state index contributed by atoms with van der Waals surface area (Å²) in [4.78, 5) is 26.5. The van der Waals surface area contributed by atoms with Gasteiger partial charge in [0.1, 0.15) is 11.9 Å². The maximum absolute atomic E-state index is 11.5. The number of hydrogen-bond donors (Lipinski definition) is 1. The van der Waals surface area contributed by atoms with Crippen LogP contribution >= 0.6 is 0 Å². The van der Waals surface area contributed by atoms with Crippen LogP contribution in [0, 0.1) is 0 Å². The van der Waals surface area contributed by atoms with Crippen molar-refractivity contribution in [2.45, 2.75) is 19.4 Å². The second-order valence-electron chi connectivity index (χ2n) is 3.52. The molecule has 0 spiro atoms. The summed E-state index contributed by atoms with van der Waals surface area (Å²) in [6, 6.07) is -0.428. The molecular formula is C9H13N3O3. The molecule has 1 rings (SSSR count). The number of ether oxygens (including phenoxy) is 1. The van der Waals surface area contributed by atoms with E-state index in [1.807, 2.05) is 0 Å². The molecule has 0 aliphatic rings. The smallest absolute Gasteiger partial charge is 0.331 e. The number of amides is 1. The Balaban J connectivity index is 2.70. The Hall–Kier alpha value is -1.85. The van der Waals surface area contributed by atoms with Gasteiger partial charge in [0.15, 0.2) is 0 Å². The van der Waals surface area contributed by atoms with Gasteiger partial charge in [0.05, 0.1) is 7.11 Å². The molecule has 0 saturated carbocycles. The zero-order chi connectivity index (χ0) is 11.5. The number of aromatic nitrogens is 2. The molecule has 0 unspecified atom stereocenters. The van der Waals surface area contributed by atoms with E-state index in [2.05, 4.69) is 15.0 Å². The maximum atomic E-state index is 11.5. The molecule has 0 radical (unpaired) electrons. The second kappa shape index (κ2) is 4.12. The fourth-order valence-electron chi connectivity index (χ4n) is 1.02. The number of imidazole rings is 1. The van der Waals surface area contributed by atoms with Crippen LogP contribution < -0.4 is 5.32 Å². The van der Waals surface area contributed by atoms with Crippen molar-refractivity contribution in [2.75, 3.05) is 7.11 Å². The zero-order valence-electron chi connectivity index (χ0n) is 8.85. The summed E-state index contributed by atoms with van der Waals surface area (Å²) in [7, 11) is 1.27. The minimum absolute atomic E-state index is 0.428. The average Bonchev–Trinajstić information content (AvgIpc) is 2.68. The predicted octanol–water partition coefficient (Wildman–Crippen LogP) is 0.392. The highest BCUT2D eigenvalue weighted by Crippen LogP contribution is 2.04. The number of nitrogens with zero attached hydrogens (tertiary/aromatic N) is 2. The average molecular weight is 211 g/mol. The van der Waals surface area contributed by atoms with Crippen LogP contribution in [-0.2, 0) is 9.53 Å². The number of carbonyl (C=O) groups excluding carboxylic acids is 2. The number of rotatable bonds is 2. The van der Waals surface area contributed by atoms with Gasteiger partial charge in [-0.1, -0.05) is 0 Å². The van der Waals surface area contributed by atoms with E-state index in [1.54, 1.807) is 13.8 Å². The number of carbonyl (C=O) groups is 2. The highest BCUT2D eigenvalue weighted by atomic mass is 16.5. The molecule has 0 saturated heterocycles. The normalized spacial score (nSPS) is 10.9. The Morgan fingerprint density at radius 2 is 2.13 bits per heavy atom. The Kier molecular flexibility index (Phi) is 3.08. The van der Waals surface area contributed by atoms with Crippen molar-refractivity contribution in [3.63, 3.8) is 0 Å². The standard InChI is InChI=1S/C9H13N3O3/c1-9(2,7(13)15-3)11-8(14)12-5-4-10-6-12/h4-6H,1-3H3,(H,11,14). The van der Waals surface area contributed by atoms with Crippen LogP contribution in [0.2, 0.25) is 0 Å². The van der Waals surface area contributed by atoms with Crippen molar-refractivity contribution in [2.24, 2.45) is 0 Å². The largest absolute Gasteiger partial charge is 0.467 e. The first-order valence-corrected chi connectivity index (χ1v) is 4.36. The van der Waals surface area contributed by atoms with E-state index >= 15 is 0 Å². The van der Waals surface area contributed by atoms with Crippen molar-refractivity contribution >= 4 is 12.0 Å². The fourth-order valence-corrected chi connectivity index (χ4v) is 1.02. The summed E-state index contributed by atoms with van der Waals surface area (Å²) in [6.07, 6.45) is 4.32. The van der Waals surface area contributed by atoms with Crippen LogP contribution in [0.4, 0.5) is 4.79 Å². The molecule has 1 amide bonds. The Labute approximate surface area is 87.2 Å². The van der Waals surface area contributed by atoms with Gasteiger partial charge in [-0.15, -0.1) is 0 Å². The summed E-state index contributed by atoms with van der Waals surface area (Å²) in [6.45, 7) is 3.13. The first-order chi connectivity index (χ1) is 6.97. The van der Waals surface area contributed by atoms with E-state index in [0.29, 0.717) is 0 Å². The van der Waals surface area contributed by atoms with Crippen molar-refractivity contribution < 1.29 is 14.3 Å². The number of nitrogens with one attached hydrogen (secondary N) is 1. The Morgan fingerprint density at radius 3 is 2.60 bits per heavy atom. The maximum Gasteiger partial charge on any atom is 0.331 e. The van der Waals surface area contributed by atoms with Gasteiger partial charge in [-0.25, -0.2) is 14.6 Å². The monoisotopic (exact) mass is 211 g/mol. The van der Waals surface area contributed by atoms with Gasteiger partial charge in [-0.3, -0.25) is 4.57 Å². The topological polar surface area (TPSA) is 73.2 Å². The van der Waals surface area contributed by atoms with Gasteiger partial charge < -0.3 is 10.1 Å². The minimum atomic E-state index is -1.06. The minimum Gasteiger partial charge on any atom is -0.467 e. The zero-order valence-corrected chi connectivity index (χ0v) is 8.85. The third kappa shape index (κ3) is 2.55. The van der Waals surface area contributed by atoms with Gasteiger partial charge in [0.25, 0.3) is 0 Å². The first-order valence-electron chi connectivity index (χ1n) is 4.36. The lowest BCUT2D eigenvalue weighted by atomic mass is 10.1. The Morgan fingerprint density at radius 1 is 1.47 bits per heavy atom. The first kappa shape index (κ1) is 11.2. The summed E-state index contributed by atoms with van der Waals surface area (Å²) in [5.41, 5.74) is -1.06. The van der Waals surface area contributed by atoms with Gasteiger partial charge in [-0.2, -0.15) is 0 Å². The lowest BCUT2D eigenvalue weighted by Gasteiger charge is -2.22. The Bertz CT molecular complexity index is 357. The van der Waals surface area contributed by atoms with Crippen LogP contribution in [-0.4, -0.2) is 34.2 Å². The molecule has 15 heavy (non-hydrogen) atoms. The SMILES string of the molecule is COC(=O)C(C)(C)NC(=O)n1ccnc1. The molecule has 0 aromatic carbocycles. The van der Waals surface area contributed by atoms with Crippen molar-refractivity contribution in [1.29, 1.82) is 0 Å². The van der Waals surface area contributed by atoms with E-state index in [0.717, 1.165) is 0 Å². The van der Waals surface area contributed by atoms with Crippen LogP contribution in [0.5, 0.6) is 0 Å². The predicted molar refractivity (Wildman–Crippen MR) is 52.3 cm³/mol. The van der Waals surface area contributed by atoms with E-state index < -0.39 is 17.5 Å². The summed E-state index contributed by atoms with van der Waals surface area (Å²) >= 11 is 0. The number of esters is 1. The molecule has 0 bridgehead atoms. The van der Waals surface area contributed by atoms with E-state index in [9.17, 15) is 9.59 Å². The molecule has 82 valence electrons. The van der Waals surface area contributed by atoms with Crippen LogP contribution in [0.1, 0.15) is 13.8 Å².